The lowest BCUT2D eigenvalue weighted by molar-refractivity contribution is -0.137. The SMILES string of the molecule is CC(NC(=O)N(C)Cc1ccccc1F)c1cccc(C(F)(F)F)c1. The van der Waals surface area contributed by atoms with Gasteiger partial charge >= 0.3 is 12.2 Å². The quantitative estimate of drug-likeness (QED) is 0.790. The van der Waals surface area contributed by atoms with Crippen molar-refractivity contribution < 1.29 is 22.4 Å². The smallest absolute Gasteiger partial charge is 0.331 e. The molecule has 0 aliphatic rings. The van der Waals surface area contributed by atoms with Crippen molar-refractivity contribution in [1.29, 1.82) is 0 Å². The molecule has 0 saturated carbocycles. The number of urea groups is 1. The Morgan fingerprint density at radius 2 is 1.84 bits per heavy atom. The van der Waals surface area contributed by atoms with Gasteiger partial charge in [-0.15, -0.1) is 0 Å². The van der Waals surface area contributed by atoms with Crippen LogP contribution in [0.4, 0.5) is 22.4 Å². The van der Waals surface area contributed by atoms with Crippen LogP contribution in [-0.4, -0.2) is 18.0 Å². The first kappa shape index (κ1) is 18.8. The van der Waals surface area contributed by atoms with E-state index in [1.807, 2.05) is 0 Å². The van der Waals surface area contributed by atoms with E-state index in [-0.39, 0.29) is 6.54 Å². The van der Waals surface area contributed by atoms with Gasteiger partial charge in [0.1, 0.15) is 5.82 Å². The molecule has 0 fully saturated rings. The third-order valence-corrected chi connectivity index (χ3v) is 3.77. The molecule has 7 heteroatoms. The molecule has 134 valence electrons. The highest BCUT2D eigenvalue weighted by atomic mass is 19.4. The van der Waals surface area contributed by atoms with Gasteiger partial charge in [-0.1, -0.05) is 30.3 Å². The Balaban J connectivity index is 2.03. The lowest BCUT2D eigenvalue weighted by Gasteiger charge is -2.22. The van der Waals surface area contributed by atoms with Crippen LogP contribution in [0, 0.1) is 5.82 Å². The number of rotatable bonds is 4. The van der Waals surface area contributed by atoms with E-state index in [1.165, 1.54) is 30.1 Å². The fourth-order valence-corrected chi connectivity index (χ4v) is 2.32. The van der Waals surface area contributed by atoms with Gasteiger partial charge < -0.3 is 10.2 Å². The zero-order chi connectivity index (χ0) is 18.6. The fraction of sp³-hybridized carbons (Fsp3) is 0.278. The molecular formula is C18H18F4N2O. The number of nitrogens with zero attached hydrogens (tertiary/aromatic N) is 1. The summed E-state index contributed by atoms with van der Waals surface area (Å²) in [5, 5.41) is 2.61. The molecule has 0 bridgehead atoms. The molecule has 1 N–H and O–H groups in total. The summed E-state index contributed by atoms with van der Waals surface area (Å²) in [4.78, 5) is 13.5. The Bertz CT molecular complexity index is 746. The van der Waals surface area contributed by atoms with Gasteiger partial charge in [0, 0.05) is 19.2 Å². The lowest BCUT2D eigenvalue weighted by Crippen LogP contribution is -2.38. The normalized spacial score (nSPS) is 12.6. The third-order valence-electron chi connectivity index (χ3n) is 3.77. The molecule has 2 rings (SSSR count). The Morgan fingerprint density at radius 3 is 2.48 bits per heavy atom. The van der Waals surface area contributed by atoms with Crippen LogP contribution in [0.15, 0.2) is 48.5 Å². The van der Waals surface area contributed by atoms with Crippen LogP contribution in [-0.2, 0) is 12.7 Å². The van der Waals surface area contributed by atoms with E-state index in [1.54, 1.807) is 25.1 Å². The summed E-state index contributed by atoms with van der Waals surface area (Å²) in [6, 6.07) is 9.72. The molecule has 0 heterocycles. The summed E-state index contributed by atoms with van der Waals surface area (Å²) in [5.41, 5.74) is -0.0832. The van der Waals surface area contributed by atoms with Crippen molar-refractivity contribution in [2.24, 2.45) is 0 Å². The Hall–Kier alpha value is -2.57. The van der Waals surface area contributed by atoms with Gasteiger partial charge in [0.2, 0.25) is 0 Å². The molecule has 0 aliphatic heterocycles. The van der Waals surface area contributed by atoms with Gasteiger partial charge in [-0.25, -0.2) is 9.18 Å². The molecule has 3 nitrogen and oxygen atoms in total. The topological polar surface area (TPSA) is 32.3 Å². The summed E-state index contributed by atoms with van der Waals surface area (Å²) >= 11 is 0. The predicted molar refractivity (Wildman–Crippen MR) is 86.3 cm³/mol. The molecule has 0 radical (unpaired) electrons. The molecule has 0 saturated heterocycles. The van der Waals surface area contributed by atoms with Gasteiger partial charge in [0.15, 0.2) is 0 Å². The number of alkyl halides is 3. The highest BCUT2D eigenvalue weighted by Gasteiger charge is 2.30. The first-order valence-corrected chi connectivity index (χ1v) is 7.60. The van der Waals surface area contributed by atoms with Crippen molar-refractivity contribution in [2.75, 3.05) is 7.05 Å². The van der Waals surface area contributed by atoms with Crippen molar-refractivity contribution >= 4 is 6.03 Å². The van der Waals surface area contributed by atoms with Gasteiger partial charge in [-0.05, 0) is 30.7 Å². The van der Waals surface area contributed by atoms with Crippen LogP contribution in [0.25, 0.3) is 0 Å². The van der Waals surface area contributed by atoms with Crippen LogP contribution in [0.2, 0.25) is 0 Å². The minimum atomic E-state index is -4.44. The zero-order valence-electron chi connectivity index (χ0n) is 13.8. The first-order valence-electron chi connectivity index (χ1n) is 7.60. The number of nitrogens with one attached hydrogen (secondary N) is 1. The molecule has 25 heavy (non-hydrogen) atoms. The fourth-order valence-electron chi connectivity index (χ4n) is 2.32. The van der Waals surface area contributed by atoms with E-state index in [9.17, 15) is 22.4 Å². The molecule has 0 aliphatic carbocycles. The maximum absolute atomic E-state index is 13.6. The number of halogens is 4. The highest BCUT2D eigenvalue weighted by Crippen LogP contribution is 2.30. The molecule has 2 aromatic rings. The average Bonchev–Trinajstić information content (AvgIpc) is 2.56. The second-order valence-electron chi connectivity index (χ2n) is 5.74. The van der Waals surface area contributed by atoms with Crippen LogP contribution in [0.3, 0.4) is 0 Å². The monoisotopic (exact) mass is 354 g/mol. The highest BCUT2D eigenvalue weighted by molar-refractivity contribution is 5.74. The molecule has 2 aromatic carbocycles. The van der Waals surface area contributed by atoms with Gasteiger partial charge in [0.05, 0.1) is 11.6 Å². The summed E-state index contributed by atoms with van der Waals surface area (Å²) in [7, 11) is 1.49. The van der Waals surface area contributed by atoms with Crippen LogP contribution < -0.4 is 5.32 Å². The van der Waals surface area contributed by atoms with Crippen molar-refractivity contribution in [3.8, 4) is 0 Å². The number of hydrogen-bond acceptors (Lipinski definition) is 1. The van der Waals surface area contributed by atoms with E-state index in [0.29, 0.717) is 11.1 Å². The number of hydrogen-bond donors (Lipinski definition) is 1. The predicted octanol–water partition coefficient (Wildman–Crippen LogP) is 4.75. The molecule has 1 unspecified atom stereocenters. The lowest BCUT2D eigenvalue weighted by atomic mass is 10.1. The van der Waals surface area contributed by atoms with E-state index in [2.05, 4.69) is 5.32 Å². The Morgan fingerprint density at radius 1 is 1.16 bits per heavy atom. The number of amides is 2. The standard InChI is InChI=1S/C18H18F4N2O/c1-12(13-7-5-8-15(10-13)18(20,21)22)23-17(25)24(2)11-14-6-3-4-9-16(14)19/h3-10,12H,11H2,1-2H3,(H,23,25). The zero-order valence-corrected chi connectivity index (χ0v) is 13.8. The summed E-state index contributed by atoms with van der Waals surface area (Å²) in [6.45, 7) is 1.64. The first-order chi connectivity index (χ1) is 11.7. The second kappa shape index (κ2) is 7.55. The molecule has 2 amide bonds. The van der Waals surface area contributed by atoms with Crippen molar-refractivity contribution in [1.82, 2.24) is 10.2 Å². The maximum Gasteiger partial charge on any atom is 0.416 e. The summed E-state index contributed by atoms with van der Waals surface area (Å²) in [5.74, 6) is -0.423. The van der Waals surface area contributed by atoms with Gasteiger partial charge in [-0.2, -0.15) is 13.2 Å². The van der Waals surface area contributed by atoms with Gasteiger partial charge in [0.25, 0.3) is 0 Å². The number of carbonyl (C=O) groups excluding carboxylic acids is 1. The molecular weight excluding hydrogens is 336 g/mol. The summed E-state index contributed by atoms with van der Waals surface area (Å²) < 4.78 is 51.9. The average molecular weight is 354 g/mol. The van der Waals surface area contributed by atoms with Crippen molar-refractivity contribution in [3.05, 3.63) is 71.0 Å². The summed E-state index contributed by atoms with van der Waals surface area (Å²) in [6.07, 6.45) is -4.44. The minimum Gasteiger partial charge on any atom is -0.331 e. The minimum absolute atomic E-state index is 0.0494. The molecule has 0 spiro atoms. The van der Waals surface area contributed by atoms with E-state index >= 15 is 0 Å². The van der Waals surface area contributed by atoms with E-state index < -0.39 is 29.6 Å². The van der Waals surface area contributed by atoms with E-state index in [4.69, 9.17) is 0 Å². The second-order valence-corrected chi connectivity index (χ2v) is 5.74. The third kappa shape index (κ3) is 4.95. The number of benzene rings is 2. The Kier molecular flexibility index (Phi) is 5.66. The molecule has 0 aromatic heterocycles. The maximum atomic E-state index is 13.6. The molecule has 1 atom stereocenters. The van der Waals surface area contributed by atoms with Crippen LogP contribution in [0.5, 0.6) is 0 Å². The van der Waals surface area contributed by atoms with Crippen molar-refractivity contribution in [3.63, 3.8) is 0 Å². The van der Waals surface area contributed by atoms with Gasteiger partial charge in [-0.3, -0.25) is 0 Å². The number of carbonyl (C=O) groups is 1. The Labute approximate surface area is 143 Å². The largest absolute Gasteiger partial charge is 0.416 e. The van der Waals surface area contributed by atoms with Crippen LogP contribution >= 0.6 is 0 Å². The van der Waals surface area contributed by atoms with Crippen LogP contribution in [0.1, 0.15) is 29.7 Å². The van der Waals surface area contributed by atoms with Crippen molar-refractivity contribution in [2.45, 2.75) is 25.7 Å². The van der Waals surface area contributed by atoms with E-state index in [0.717, 1.165) is 12.1 Å².